The van der Waals surface area contributed by atoms with E-state index in [1.54, 1.807) is 24.4 Å². The molecule has 0 aliphatic heterocycles. The zero-order valence-electron chi connectivity index (χ0n) is 8.10. The van der Waals surface area contributed by atoms with Crippen molar-refractivity contribution >= 4 is 17.8 Å². The first-order valence-corrected chi connectivity index (χ1v) is 4.73. The Balaban J connectivity index is 2.42. The van der Waals surface area contributed by atoms with Gasteiger partial charge in [-0.25, -0.2) is 0 Å². The van der Waals surface area contributed by atoms with Gasteiger partial charge in [0.1, 0.15) is 19.5 Å². The average molecular weight is 225 g/mol. The Labute approximate surface area is 93.9 Å². The van der Waals surface area contributed by atoms with E-state index in [1.165, 1.54) is 5.54 Å². The Bertz CT molecular complexity index is 333. The van der Waals surface area contributed by atoms with Gasteiger partial charge >= 0.3 is 0 Å². The van der Waals surface area contributed by atoms with Crippen molar-refractivity contribution in [3.05, 3.63) is 48.5 Å². The van der Waals surface area contributed by atoms with Gasteiger partial charge in [0, 0.05) is 5.54 Å². The molecular formula is C11H11ClNO2. The molecule has 3 nitrogen and oxygen atoms in total. The molecule has 0 N–H and O–H groups in total. The van der Waals surface area contributed by atoms with Crippen LogP contribution in [0.1, 0.15) is 5.56 Å². The van der Waals surface area contributed by atoms with Crippen LogP contribution in [0.5, 0.6) is 5.75 Å². The van der Waals surface area contributed by atoms with E-state index >= 15 is 0 Å². The smallest absolute Gasteiger partial charge is 0.136 e. The van der Waals surface area contributed by atoms with Gasteiger partial charge in [-0.3, -0.25) is 0 Å². The highest BCUT2D eigenvalue weighted by atomic mass is 35.5. The molecule has 0 heterocycles. The van der Waals surface area contributed by atoms with Crippen molar-refractivity contribution in [1.29, 1.82) is 0 Å². The molecule has 1 rings (SSSR count). The van der Waals surface area contributed by atoms with E-state index in [-0.39, 0.29) is 0 Å². The first-order chi connectivity index (χ1) is 7.36. The van der Waals surface area contributed by atoms with Gasteiger partial charge in [-0.1, -0.05) is 16.8 Å². The minimum atomic E-state index is 0.361. The average Bonchev–Trinajstić information content (AvgIpc) is 2.30. The highest BCUT2D eigenvalue weighted by molar-refractivity contribution is 6.25. The minimum Gasteiger partial charge on any atom is -0.490 e. The summed E-state index contributed by atoms with van der Waals surface area (Å²) in [5.74, 6) is 0.707. The van der Waals surface area contributed by atoms with Gasteiger partial charge in [0.05, 0.1) is 6.21 Å². The molecule has 0 saturated heterocycles. The van der Waals surface area contributed by atoms with Crippen molar-refractivity contribution in [1.82, 2.24) is 0 Å². The Morgan fingerprint density at radius 2 is 2.07 bits per heavy atom. The second kappa shape index (κ2) is 6.90. The molecule has 0 saturated carbocycles. The van der Waals surface area contributed by atoms with Gasteiger partial charge in [-0.2, -0.15) is 0 Å². The number of oxime groups is 1. The molecule has 0 bridgehead atoms. The van der Waals surface area contributed by atoms with E-state index in [4.69, 9.17) is 21.2 Å². The van der Waals surface area contributed by atoms with Crippen molar-refractivity contribution in [2.45, 2.75) is 0 Å². The van der Waals surface area contributed by atoms with Crippen molar-refractivity contribution < 1.29 is 9.57 Å². The number of hydrogen-bond acceptors (Lipinski definition) is 3. The lowest BCUT2D eigenvalue weighted by Gasteiger charge is -1.98. The second-order valence-corrected chi connectivity index (χ2v) is 2.86. The number of hydrogen-bond donors (Lipinski definition) is 0. The molecule has 0 fully saturated rings. The van der Waals surface area contributed by atoms with Gasteiger partial charge < -0.3 is 9.57 Å². The van der Waals surface area contributed by atoms with Crippen molar-refractivity contribution in [2.24, 2.45) is 5.16 Å². The molecule has 0 aromatic heterocycles. The SMILES string of the molecule is [CH2]Oc1ccc(C=NOCC=CCl)cc1. The molecule has 79 valence electrons. The molecule has 0 aliphatic carbocycles. The van der Waals surface area contributed by atoms with Crippen molar-refractivity contribution in [3.63, 3.8) is 0 Å². The summed E-state index contributed by atoms with van der Waals surface area (Å²) in [6.07, 6.45) is 3.26. The zero-order chi connectivity index (χ0) is 10.9. The van der Waals surface area contributed by atoms with E-state index in [1.807, 2.05) is 12.1 Å². The number of benzene rings is 1. The summed E-state index contributed by atoms with van der Waals surface area (Å²) < 4.78 is 4.78. The van der Waals surface area contributed by atoms with E-state index in [0.29, 0.717) is 12.4 Å². The van der Waals surface area contributed by atoms with Crippen LogP contribution >= 0.6 is 11.6 Å². The maximum atomic E-state index is 5.30. The van der Waals surface area contributed by atoms with Crippen LogP contribution in [0.4, 0.5) is 0 Å². The molecule has 0 spiro atoms. The monoisotopic (exact) mass is 224 g/mol. The standard InChI is InChI=1S/C11H11ClNO2/c1-14-11-5-3-10(4-6-11)9-13-15-8-2-7-12/h2-7,9H,1,8H2. The first-order valence-electron chi connectivity index (χ1n) is 4.29. The van der Waals surface area contributed by atoms with E-state index < -0.39 is 0 Å². The molecule has 0 atom stereocenters. The lowest BCUT2D eigenvalue weighted by Crippen LogP contribution is -1.86. The summed E-state index contributed by atoms with van der Waals surface area (Å²) in [4.78, 5) is 4.89. The summed E-state index contributed by atoms with van der Waals surface area (Å²) in [5, 5.41) is 3.74. The Morgan fingerprint density at radius 3 is 2.67 bits per heavy atom. The highest BCUT2D eigenvalue weighted by Gasteiger charge is 1.90. The van der Waals surface area contributed by atoms with E-state index in [9.17, 15) is 0 Å². The van der Waals surface area contributed by atoms with Gasteiger partial charge in [-0.15, -0.1) is 0 Å². The summed E-state index contributed by atoms with van der Waals surface area (Å²) >= 11 is 5.30. The minimum absolute atomic E-state index is 0.361. The van der Waals surface area contributed by atoms with Crippen LogP contribution in [0.2, 0.25) is 0 Å². The molecule has 4 heteroatoms. The van der Waals surface area contributed by atoms with E-state index in [0.717, 1.165) is 5.56 Å². The lowest BCUT2D eigenvalue weighted by atomic mass is 10.2. The fraction of sp³-hybridized carbons (Fsp3) is 0.0909. The van der Waals surface area contributed by atoms with Gasteiger partial charge in [-0.05, 0) is 35.9 Å². The molecule has 0 aliphatic rings. The molecule has 0 unspecified atom stereocenters. The molecular weight excluding hydrogens is 214 g/mol. The predicted molar refractivity (Wildman–Crippen MR) is 61.0 cm³/mol. The van der Waals surface area contributed by atoms with Gasteiger partial charge in [0.2, 0.25) is 0 Å². The van der Waals surface area contributed by atoms with Crippen molar-refractivity contribution in [2.75, 3.05) is 6.61 Å². The third kappa shape index (κ3) is 4.51. The zero-order valence-corrected chi connectivity index (χ0v) is 8.85. The maximum absolute atomic E-state index is 5.30. The fourth-order valence-electron chi connectivity index (χ4n) is 0.871. The second-order valence-electron chi connectivity index (χ2n) is 2.61. The molecule has 1 radical (unpaired) electrons. The van der Waals surface area contributed by atoms with E-state index in [2.05, 4.69) is 12.3 Å². The third-order valence-corrected chi connectivity index (χ3v) is 1.76. The maximum Gasteiger partial charge on any atom is 0.136 e. The predicted octanol–water partition coefficient (Wildman–Crippen LogP) is 2.96. The van der Waals surface area contributed by atoms with Crippen LogP contribution in [-0.2, 0) is 4.84 Å². The summed E-state index contributed by atoms with van der Waals surface area (Å²) in [6, 6.07) is 7.30. The largest absolute Gasteiger partial charge is 0.490 e. The van der Waals surface area contributed by atoms with Gasteiger partial charge in [0.15, 0.2) is 0 Å². The topological polar surface area (TPSA) is 30.8 Å². The molecule has 1 aromatic carbocycles. The number of halogens is 1. The summed E-state index contributed by atoms with van der Waals surface area (Å²) in [6.45, 7) is 0.361. The third-order valence-electron chi connectivity index (χ3n) is 1.58. The van der Waals surface area contributed by atoms with Crippen LogP contribution in [0.3, 0.4) is 0 Å². The number of nitrogens with zero attached hydrogens (tertiary/aromatic N) is 1. The fourth-order valence-corrected chi connectivity index (χ4v) is 0.943. The van der Waals surface area contributed by atoms with Crippen LogP contribution in [0, 0.1) is 7.11 Å². The van der Waals surface area contributed by atoms with Crippen molar-refractivity contribution in [3.8, 4) is 5.75 Å². The molecule has 15 heavy (non-hydrogen) atoms. The Morgan fingerprint density at radius 1 is 1.33 bits per heavy atom. The Hall–Kier alpha value is -1.48. The summed E-state index contributed by atoms with van der Waals surface area (Å²) in [5.41, 5.74) is 2.31. The normalized spacial score (nSPS) is 11.1. The number of rotatable bonds is 5. The van der Waals surface area contributed by atoms with Crippen LogP contribution < -0.4 is 4.74 Å². The van der Waals surface area contributed by atoms with Crippen LogP contribution in [0.25, 0.3) is 0 Å². The first kappa shape index (κ1) is 11.6. The summed E-state index contributed by atoms with van der Waals surface area (Å²) in [7, 11) is 3.30. The Kier molecular flexibility index (Phi) is 5.33. The molecule has 1 aromatic rings. The van der Waals surface area contributed by atoms with Crippen LogP contribution in [-0.4, -0.2) is 12.8 Å². The lowest BCUT2D eigenvalue weighted by molar-refractivity contribution is 0.176. The van der Waals surface area contributed by atoms with Gasteiger partial charge in [0.25, 0.3) is 0 Å². The highest BCUT2D eigenvalue weighted by Crippen LogP contribution is 2.10. The molecule has 0 amide bonds. The van der Waals surface area contributed by atoms with Crippen LogP contribution in [0.15, 0.2) is 41.0 Å². The number of ether oxygens (including phenoxy) is 1. The quantitative estimate of drug-likeness (QED) is 0.437.